The summed E-state index contributed by atoms with van der Waals surface area (Å²) in [5.41, 5.74) is 0.551. The van der Waals surface area contributed by atoms with E-state index in [4.69, 9.17) is 0 Å². The second-order valence-electron chi connectivity index (χ2n) is 4.22. The number of para-hydroxylation sites is 1. The van der Waals surface area contributed by atoms with Crippen molar-refractivity contribution in [2.45, 2.75) is 17.7 Å². The molecular formula is C13H13IN2O3S2. The van der Waals surface area contributed by atoms with E-state index in [1.54, 1.807) is 24.3 Å². The number of thiophene rings is 1. The lowest BCUT2D eigenvalue weighted by molar-refractivity contribution is -0.119. The molecule has 5 nitrogen and oxygen atoms in total. The first-order valence-corrected chi connectivity index (χ1v) is 9.37. The molecule has 2 aromatic rings. The van der Waals surface area contributed by atoms with E-state index in [1.807, 2.05) is 12.1 Å². The molecule has 0 radical (unpaired) electrons. The number of halogens is 1. The minimum atomic E-state index is -3.60. The molecule has 1 aromatic heterocycles. The van der Waals surface area contributed by atoms with Gasteiger partial charge >= 0.3 is 0 Å². The van der Waals surface area contributed by atoms with Crippen molar-refractivity contribution in [3.8, 4) is 0 Å². The molecule has 0 aliphatic rings. The maximum absolute atomic E-state index is 12.3. The Kier molecular flexibility index (Phi) is 5.22. The van der Waals surface area contributed by atoms with Crippen LogP contribution in [-0.4, -0.2) is 14.3 Å². The van der Waals surface area contributed by atoms with E-state index >= 15 is 0 Å². The predicted octanol–water partition coefficient (Wildman–Crippen LogP) is 2.79. The van der Waals surface area contributed by atoms with Crippen LogP contribution in [0.25, 0.3) is 0 Å². The number of benzene rings is 1. The SMILES string of the molecule is CC(=O)NCc1ccc(S(=O)(=O)Nc2ccccc2I)s1. The van der Waals surface area contributed by atoms with E-state index in [0.717, 1.165) is 19.8 Å². The van der Waals surface area contributed by atoms with Gasteiger partial charge in [0.1, 0.15) is 4.21 Å². The molecule has 0 saturated heterocycles. The first kappa shape index (κ1) is 16.2. The fraction of sp³-hybridized carbons (Fsp3) is 0.154. The van der Waals surface area contributed by atoms with Crippen molar-refractivity contribution in [3.63, 3.8) is 0 Å². The van der Waals surface area contributed by atoms with Gasteiger partial charge in [-0.05, 0) is 46.9 Å². The van der Waals surface area contributed by atoms with Crippen molar-refractivity contribution in [2.24, 2.45) is 0 Å². The third-order valence-electron chi connectivity index (χ3n) is 2.53. The van der Waals surface area contributed by atoms with E-state index < -0.39 is 10.0 Å². The van der Waals surface area contributed by atoms with Crippen LogP contribution in [0.15, 0.2) is 40.6 Å². The smallest absolute Gasteiger partial charge is 0.271 e. The molecule has 0 atom stereocenters. The molecule has 21 heavy (non-hydrogen) atoms. The fourth-order valence-electron chi connectivity index (χ4n) is 1.55. The summed E-state index contributed by atoms with van der Waals surface area (Å²) in [6.07, 6.45) is 0. The Morgan fingerprint density at radius 1 is 1.24 bits per heavy atom. The van der Waals surface area contributed by atoms with Gasteiger partial charge in [-0.15, -0.1) is 11.3 Å². The van der Waals surface area contributed by atoms with Crippen LogP contribution < -0.4 is 10.0 Å². The topological polar surface area (TPSA) is 75.3 Å². The Morgan fingerprint density at radius 2 is 1.95 bits per heavy atom. The highest BCUT2D eigenvalue weighted by molar-refractivity contribution is 14.1. The van der Waals surface area contributed by atoms with Gasteiger partial charge in [-0.1, -0.05) is 12.1 Å². The molecule has 0 aliphatic carbocycles. The van der Waals surface area contributed by atoms with E-state index in [0.29, 0.717) is 12.2 Å². The molecule has 0 bridgehead atoms. The zero-order valence-electron chi connectivity index (χ0n) is 11.1. The van der Waals surface area contributed by atoms with Gasteiger partial charge in [0.15, 0.2) is 0 Å². The highest BCUT2D eigenvalue weighted by atomic mass is 127. The number of nitrogens with one attached hydrogen (secondary N) is 2. The van der Waals surface area contributed by atoms with Crippen LogP contribution >= 0.6 is 33.9 Å². The largest absolute Gasteiger partial charge is 0.351 e. The summed E-state index contributed by atoms with van der Waals surface area (Å²) >= 11 is 3.21. The van der Waals surface area contributed by atoms with Crippen molar-refractivity contribution in [2.75, 3.05) is 4.72 Å². The van der Waals surface area contributed by atoms with Crippen molar-refractivity contribution >= 4 is 55.5 Å². The predicted molar refractivity (Wildman–Crippen MR) is 91.8 cm³/mol. The van der Waals surface area contributed by atoms with E-state index in [9.17, 15) is 13.2 Å². The van der Waals surface area contributed by atoms with Gasteiger partial charge in [0.05, 0.1) is 12.2 Å². The molecule has 1 heterocycles. The highest BCUT2D eigenvalue weighted by Gasteiger charge is 2.18. The summed E-state index contributed by atoms with van der Waals surface area (Å²) in [6, 6.07) is 10.4. The number of sulfonamides is 1. The molecular weight excluding hydrogens is 423 g/mol. The molecule has 0 saturated carbocycles. The Labute approximate surface area is 141 Å². The lowest BCUT2D eigenvalue weighted by Gasteiger charge is -2.07. The molecule has 112 valence electrons. The van der Waals surface area contributed by atoms with Crippen molar-refractivity contribution in [3.05, 3.63) is 44.8 Å². The van der Waals surface area contributed by atoms with Gasteiger partial charge in [-0.3, -0.25) is 9.52 Å². The molecule has 1 amide bonds. The molecule has 0 unspecified atom stereocenters. The van der Waals surface area contributed by atoms with Crippen LogP contribution in [0, 0.1) is 3.57 Å². The van der Waals surface area contributed by atoms with Gasteiger partial charge in [0, 0.05) is 15.4 Å². The molecule has 1 aromatic carbocycles. The van der Waals surface area contributed by atoms with Gasteiger partial charge in [-0.25, -0.2) is 8.42 Å². The van der Waals surface area contributed by atoms with Crippen LogP contribution in [0.5, 0.6) is 0 Å². The molecule has 0 aliphatic heterocycles. The average molecular weight is 436 g/mol. The molecule has 2 rings (SSSR count). The third kappa shape index (κ3) is 4.42. The maximum atomic E-state index is 12.3. The Hall–Kier alpha value is -1.13. The monoisotopic (exact) mass is 436 g/mol. The summed E-state index contributed by atoms with van der Waals surface area (Å²) in [4.78, 5) is 11.6. The van der Waals surface area contributed by atoms with Crippen LogP contribution in [-0.2, 0) is 21.4 Å². The lowest BCUT2D eigenvalue weighted by Crippen LogP contribution is -2.18. The molecule has 2 N–H and O–H groups in total. The number of amides is 1. The van der Waals surface area contributed by atoms with Gasteiger partial charge in [0.25, 0.3) is 10.0 Å². The Bertz CT molecular complexity index is 756. The fourth-order valence-corrected chi connectivity index (χ4v) is 4.63. The van der Waals surface area contributed by atoms with E-state index in [1.165, 1.54) is 6.92 Å². The minimum Gasteiger partial charge on any atom is -0.351 e. The first-order valence-electron chi connectivity index (χ1n) is 5.99. The van der Waals surface area contributed by atoms with Gasteiger partial charge in [-0.2, -0.15) is 0 Å². The van der Waals surface area contributed by atoms with Crippen LogP contribution in [0.1, 0.15) is 11.8 Å². The number of hydrogen-bond donors (Lipinski definition) is 2. The highest BCUT2D eigenvalue weighted by Crippen LogP contribution is 2.26. The van der Waals surface area contributed by atoms with Crippen molar-refractivity contribution < 1.29 is 13.2 Å². The zero-order valence-corrected chi connectivity index (χ0v) is 14.9. The van der Waals surface area contributed by atoms with Crippen LogP contribution in [0.4, 0.5) is 5.69 Å². The maximum Gasteiger partial charge on any atom is 0.271 e. The standard InChI is InChI=1S/C13H13IN2O3S2/c1-9(17)15-8-10-6-7-13(20-10)21(18,19)16-12-5-3-2-4-11(12)14/h2-7,16H,8H2,1H3,(H,15,17). The van der Waals surface area contributed by atoms with Crippen molar-refractivity contribution in [1.82, 2.24) is 5.32 Å². The Balaban J connectivity index is 2.17. The van der Waals surface area contributed by atoms with Crippen LogP contribution in [0.3, 0.4) is 0 Å². The summed E-state index contributed by atoms with van der Waals surface area (Å²) in [5.74, 6) is -0.148. The molecule has 0 fully saturated rings. The van der Waals surface area contributed by atoms with E-state index in [2.05, 4.69) is 32.6 Å². The number of rotatable bonds is 5. The second kappa shape index (κ2) is 6.75. The quantitative estimate of drug-likeness (QED) is 0.708. The minimum absolute atomic E-state index is 0.148. The number of hydrogen-bond acceptors (Lipinski definition) is 4. The summed E-state index contributed by atoms with van der Waals surface area (Å²) in [6.45, 7) is 1.75. The third-order valence-corrected chi connectivity index (χ3v) is 6.41. The van der Waals surface area contributed by atoms with Gasteiger partial charge in [0.2, 0.25) is 5.91 Å². The normalized spacial score (nSPS) is 11.1. The number of anilines is 1. The zero-order chi connectivity index (χ0) is 15.5. The van der Waals surface area contributed by atoms with Crippen LogP contribution in [0.2, 0.25) is 0 Å². The molecule has 0 spiro atoms. The first-order chi connectivity index (χ1) is 9.88. The van der Waals surface area contributed by atoms with Gasteiger partial charge < -0.3 is 5.32 Å². The summed E-state index contributed by atoms with van der Waals surface area (Å²) < 4.78 is 28.2. The summed E-state index contributed by atoms with van der Waals surface area (Å²) in [7, 11) is -3.60. The van der Waals surface area contributed by atoms with E-state index in [-0.39, 0.29) is 10.1 Å². The molecule has 8 heteroatoms. The average Bonchev–Trinajstić information content (AvgIpc) is 2.88. The second-order valence-corrected chi connectivity index (χ2v) is 8.46. The lowest BCUT2D eigenvalue weighted by atomic mass is 10.3. The Morgan fingerprint density at radius 3 is 2.62 bits per heavy atom. The number of carbonyl (C=O) groups is 1. The summed E-state index contributed by atoms with van der Waals surface area (Å²) in [5, 5.41) is 2.64. The van der Waals surface area contributed by atoms with Crippen molar-refractivity contribution in [1.29, 1.82) is 0 Å². The number of carbonyl (C=O) groups excluding carboxylic acids is 1.